The summed E-state index contributed by atoms with van der Waals surface area (Å²) in [7, 11) is 0. The van der Waals surface area contributed by atoms with Crippen molar-refractivity contribution in [1.82, 2.24) is 52.1 Å². The van der Waals surface area contributed by atoms with Gasteiger partial charge in [-0.3, -0.25) is 47.9 Å². The SMILES string of the molecule is CC[C@H](C)[C@H](NC(=O)[C@H](CC(C)C)NC(=O)[C@@H](N)CCC(=O)O)C(=O)N[C@@H](CC(C)C)C(=O)N[C@@H](CC(N)=O)C(=O)N[C@@H](Cc1cnc[nH]1)C(=O)N[C@H](C(=O)N[C@H](C(=O)N1CCC[C@H]1C(=O)O)C(C)C)[C@@H](C)CC. The van der Waals surface area contributed by atoms with Crippen LogP contribution in [0.1, 0.15) is 133 Å². The van der Waals surface area contributed by atoms with E-state index in [2.05, 4.69) is 47.2 Å². The number of aromatic amines is 1. The van der Waals surface area contributed by atoms with E-state index in [0.717, 1.165) is 0 Å². The van der Waals surface area contributed by atoms with Gasteiger partial charge in [0.25, 0.3) is 0 Å². The Balaban J connectivity index is 2.43. The van der Waals surface area contributed by atoms with Gasteiger partial charge in [0.15, 0.2) is 0 Å². The quantitative estimate of drug-likeness (QED) is 0.0426. The van der Waals surface area contributed by atoms with Crippen LogP contribution in [0.5, 0.6) is 0 Å². The number of imidazole rings is 1. The number of carbonyl (C=O) groups is 11. The number of amides is 9. The number of hydrogen-bond acceptors (Lipinski definition) is 13. The molecule has 1 fully saturated rings. The minimum Gasteiger partial charge on any atom is -0.481 e. The molecule has 1 aliphatic rings. The van der Waals surface area contributed by atoms with Gasteiger partial charge in [-0.2, -0.15) is 0 Å². The molecule has 0 spiro atoms. The first-order valence-electron chi connectivity index (χ1n) is 25.5. The van der Waals surface area contributed by atoms with Crippen LogP contribution in [0.25, 0.3) is 0 Å². The number of primary amides is 1. The molecular weight excluding hydrogens is 965 g/mol. The average Bonchev–Trinajstić information content (AvgIpc) is 4.04. The van der Waals surface area contributed by atoms with Crippen molar-refractivity contribution >= 4 is 65.1 Å². The second-order valence-electron chi connectivity index (χ2n) is 20.5. The summed E-state index contributed by atoms with van der Waals surface area (Å²) in [6, 6.07) is -11.6. The van der Waals surface area contributed by atoms with Crippen LogP contribution < -0.4 is 48.7 Å². The maximum atomic E-state index is 14.3. The smallest absolute Gasteiger partial charge is 0.326 e. The van der Waals surface area contributed by atoms with Crippen LogP contribution >= 0.6 is 0 Å². The lowest BCUT2D eigenvalue weighted by Gasteiger charge is -2.32. The van der Waals surface area contributed by atoms with E-state index in [1.807, 2.05) is 13.8 Å². The molecule has 416 valence electrons. The molecule has 0 aliphatic carbocycles. The summed E-state index contributed by atoms with van der Waals surface area (Å²) >= 11 is 0. The highest BCUT2D eigenvalue weighted by Crippen LogP contribution is 2.21. The van der Waals surface area contributed by atoms with Gasteiger partial charge in [-0.15, -0.1) is 0 Å². The summed E-state index contributed by atoms with van der Waals surface area (Å²) in [5, 5.41) is 37.2. The minimum absolute atomic E-state index is 0.00920. The molecule has 0 bridgehead atoms. The first-order chi connectivity index (χ1) is 34.6. The van der Waals surface area contributed by atoms with Crippen molar-refractivity contribution in [3.63, 3.8) is 0 Å². The van der Waals surface area contributed by atoms with Gasteiger partial charge in [-0.05, 0) is 61.7 Å². The number of carboxylic acid groups (broad SMARTS) is 2. The summed E-state index contributed by atoms with van der Waals surface area (Å²) in [5.74, 6) is -11.6. The fourth-order valence-corrected chi connectivity index (χ4v) is 8.27. The Morgan fingerprint density at radius 2 is 1.12 bits per heavy atom. The van der Waals surface area contributed by atoms with E-state index >= 15 is 0 Å². The molecule has 74 heavy (non-hydrogen) atoms. The Bertz CT molecular complexity index is 2100. The summed E-state index contributed by atoms with van der Waals surface area (Å²) in [6.07, 6.45) is 2.82. The zero-order valence-corrected chi connectivity index (χ0v) is 44.5. The van der Waals surface area contributed by atoms with E-state index in [4.69, 9.17) is 16.6 Å². The van der Waals surface area contributed by atoms with E-state index in [-0.39, 0.29) is 56.9 Å². The molecule has 25 heteroatoms. The number of H-pyrrole nitrogens is 1. The largest absolute Gasteiger partial charge is 0.481 e. The summed E-state index contributed by atoms with van der Waals surface area (Å²) in [4.78, 5) is 155. The highest BCUT2D eigenvalue weighted by molar-refractivity contribution is 5.99. The van der Waals surface area contributed by atoms with Crippen molar-refractivity contribution in [2.45, 2.75) is 188 Å². The van der Waals surface area contributed by atoms with Crippen molar-refractivity contribution in [3.05, 3.63) is 18.2 Å². The number of likely N-dealkylation sites (tertiary alicyclic amines) is 1. The van der Waals surface area contributed by atoms with Crippen LogP contribution in [-0.4, -0.2) is 151 Å². The van der Waals surface area contributed by atoms with Crippen LogP contribution in [0.4, 0.5) is 0 Å². The van der Waals surface area contributed by atoms with Crippen molar-refractivity contribution in [3.8, 4) is 0 Å². The molecule has 0 unspecified atom stereocenters. The second kappa shape index (κ2) is 30.5. The van der Waals surface area contributed by atoms with E-state index in [1.54, 1.807) is 55.4 Å². The first kappa shape index (κ1) is 63.5. The van der Waals surface area contributed by atoms with Crippen LogP contribution in [0, 0.1) is 29.6 Å². The normalized spacial score (nSPS) is 17.5. The van der Waals surface area contributed by atoms with E-state index in [0.29, 0.717) is 25.0 Å². The monoisotopic (exact) mass is 1050 g/mol. The van der Waals surface area contributed by atoms with Gasteiger partial charge in [-0.25, -0.2) is 9.78 Å². The average molecular weight is 1050 g/mol. The molecule has 0 radical (unpaired) electrons. The van der Waals surface area contributed by atoms with Gasteiger partial charge in [0.2, 0.25) is 53.2 Å². The van der Waals surface area contributed by atoms with Crippen LogP contribution in [0.15, 0.2) is 12.5 Å². The molecule has 0 saturated carbocycles. The lowest BCUT2D eigenvalue weighted by molar-refractivity contribution is -0.150. The molecule has 14 N–H and O–H groups in total. The number of hydrogen-bond donors (Lipinski definition) is 12. The number of aromatic nitrogens is 2. The predicted octanol–water partition coefficient (Wildman–Crippen LogP) is -0.671. The van der Waals surface area contributed by atoms with Gasteiger partial charge >= 0.3 is 11.9 Å². The third-order valence-electron chi connectivity index (χ3n) is 13.0. The maximum Gasteiger partial charge on any atom is 0.326 e. The van der Waals surface area contributed by atoms with E-state index in [1.165, 1.54) is 17.4 Å². The van der Waals surface area contributed by atoms with Crippen molar-refractivity contribution < 1.29 is 63.0 Å². The van der Waals surface area contributed by atoms with Gasteiger partial charge in [0, 0.05) is 31.3 Å². The molecule has 1 aromatic rings. The van der Waals surface area contributed by atoms with Gasteiger partial charge in [0.05, 0.1) is 18.8 Å². The number of rotatable bonds is 32. The van der Waals surface area contributed by atoms with Gasteiger partial charge < -0.3 is 68.8 Å². The fraction of sp³-hybridized carbons (Fsp3) is 0.714. The molecule has 1 aliphatic heterocycles. The molecular formula is C49H82N12O13. The van der Waals surface area contributed by atoms with Gasteiger partial charge in [-0.1, -0.05) is 82.1 Å². The highest BCUT2D eigenvalue weighted by atomic mass is 16.4. The number of aliphatic carboxylic acids is 2. The molecule has 0 aromatic carbocycles. The summed E-state index contributed by atoms with van der Waals surface area (Å²) in [5.41, 5.74) is 11.8. The highest BCUT2D eigenvalue weighted by Gasteiger charge is 2.41. The number of nitrogens with one attached hydrogen (secondary N) is 8. The number of carbonyl (C=O) groups excluding carboxylic acids is 9. The zero-order valence-electron chi connectivity index (χ0n) is 44.5. The van der Waals surface area contributed by atoms with Crippen molar-refractivity contribution in [2.75, 3.05) is 6.54 Å². The molecule has 9 amide bonds. The molecule has 2 rings (SSSR count). The van der Waals surface area contributed by atoms with E-state index < -0.39 is 144 Å². The van der Waals surface area contributed by atoms with Crippen LogP contribution in [0.2, 0.25) is 0 Å². The second-order valence-corrected chi connectivity index (χ2v) is 20.5. The number of nitrogens with zero attached hydrogens (tertiary/aromatic N) is 2. The Morgan fingerprint density at radius 1 is 0.662 bits per heavy atom. The van der Waals surface area contributed by atoms with Crippen molar-refractivity contribution in [1.29, 1.82) is 0 Å². The molecule has 2 heterocycles. The standard InChI is InChI=1S/C49H82N12O13/c1-11-27(9)39(59-44(68)32(19-25(5)6)54-41(65)30(50)15-16-37(63)64)46(70)57-31(18-24(3)4)42(66)56-34(21-36(51)62)43(67)55-33(20-29-22-52-23-53-29)45(69)60-40(28(10)12-2)47(71)58-38(26(7)8)48(72)61-17-13-14-35(61)49(73)74/h22-28,30-35,38-40H,11-21,50H2,1-10H3,(H2,51,62)(H,52,53)(H,54,65)(H,55,67)(H,56,66)(H,57,70)(H,58,71)(H,59,68)(H,60,69)(H,63,64)(H,73,74)/t27-,28-,30-,31-,32-,33-,34-,35-,38-,39-,40-/m0/s1. The Kier molecular flexibility index (Phi) is 26.2. The number of nitrogens with two attached hydrogens (primary N) is 2. The Morgan fingerprint density at radius 3 is 1.58 bits per heavy atom. The van der Waals surface area contributed by atoms with Crippen molar-refractivity contribution in [2.24, 2.45) is 41.1 Å². The van der Waals surface area contributed by atoms with Gasteiger partial charge in [0.1, 0.15) is 48.3 Å². The van der Waals surface area contributed by atoms with Crippen LogP contribution in [0.3, 0.4) is 0 Å². The minimum atomic E-state index is -1.71. The number of carboxylic acids is 2. The topological polar surface area (TPSA) is 396 Å². The third-order valence-corrected chi connectivity index (χ3v) is 13.0. The lowest BCUT2D eigenvalue weighted by atomic mass is 9.95. The molecule has 25 nitrogen and oxygen atoms in total. The molecule has 11 atom stereocenters. The Hall–Kier alpha value is -6.66. The zero-order chi connectivity index (χ0) is 56.1. The van der Waals surface area contributed by atoms with Crippen LogP contribution in [-0.2, 0) is 59.2 Å². The lowest BCUT2D eigenvalue weighted by Crippen LogP contribution is -2.62. The summed E-state index contributed by atoms with van der Waals surface area (Å²) in [6.45, 7) is 17.7. The third kappa shape index (κ3) is 20.3. The maximum absolute atomic E-state index is 14.3. The molecule has 1 aromatic heterocycles. The first-order valence-corrected chi connectivity index (χ1v) is 25.5. The van der Waals surface area contributed by atoms with E-state index in [9.17, 15) is 57.8 Å². The Labute approximate surface area is 432 Å². The fourth-order valence-electron chi connectivity index (χ4n) is 8.27. The predicted molar refractivity (Wildman–Crippen MR) is 269 cm³/mol. The molecule has 1 saturated heterocycles. The summed E-state index contributed by atoms with van der Waals surface area (Å²) < 4.78 is 0.